The molecule has 1 aliphatic heterocycles. The normalized spacial score (nSPS) is 25.6. The topological polar surface area (TPSA) is 45.5 Å². The zero-order chi connectivity index (χ0) is 16.4. The number of furan rings is 1. The van der Waals surface area contributed by atoms with E-state index in [-0.39, 0.29) is 30.7 Å². The van der Waals surface area contributed by atoms with Crippen LogP contribution in [0.4, 0.5) is 8.78 Å². The molecule has 1 saturated carbocycles. The molecule has 23 heavy (non-hydrogen) atoms. The number of hydrogen-bond acceptors (Lipinski definition) is 3. The number of piperidine rings is 1. The van der Waals surface area contributed by atoms with Crippen molar-refractivity contribution >= 4 is 5.91 Å². The van der Waals surface area contributed by atoms with Crippen LogP contribution in [0.3, 0.4) is 0 Å². The number of carbonyl (C=O) groups is 1. The van der Waals surface area contributed by atoms with Gasteiger partial charge < -0.3 is 14.6 Å². The predicted molar refractivity (Wildman–Crippen MR) is 82.7 cm³/mol. The molecule has 128 valence electrons. The largest absolute Gasteiger partial charge is 0.459 e. The van der Waals surface area contributed by atoms with Crippen molar-refractivity contribution in [1.82, 2.24) is 10.2 Å². The van der Waals surface area contributed by atoms with E-state index in [0.29, 0.717) is 12.2 Å². The van der Waals surface area contributed by atoms with E-state index >= 15 is 0 Å². The lowest BCUT2D eigenvalue weighted by Gasteiger charge is -2.33. The average Bonchev–Trinajstić information content (AvgIpc) is 3.06. The second-order valence-electron chi connectivity index (χ2n) is 6.95. The first-order chi connectivity index (χ1) is 10.9. The van der Waals surface area contributed by atoms with Crippen LogP contribution < -0.4 is 5.32 Å². The maximum atomic E-state index is 13.2. The number of halogens is 2. The van der Waals surface area contributed by atoms with Gasteiger partial charge in [0, 0.05) is 44.1 Å². The van der Waals surface area contributed by atoms with Crippen molar-refractivity contribution in [3.63, 3.8) is 0 Å². The van der Waals surface area contributed by atoms with Gasteiger partial charge >= 0.3 is 0 Å². The fourth-order valence-electron chi connectivity index (χ4n) is 3.68. The zero-order valence-electron chi connectivity index (χ0n) is 13.5. The highest BCUT2D eigenvalue weighted by Gasteiger charge is 2.40. The van der Waals surface area contributed by atoms with Crippen LogP contribution in [0.25, 0.3) is 0 Å². The molecule has 4 nitrogen and oxygen atoms in total. The molecule has 1 unspecified atom stereocenters. The van der Waals surface area contributed by atoms with Crippen LogP contribution in [0.15, 0.2) is 16.7 Å². The van der Waals surface area contributed by atoms with Gasteiger partial charge in [-0.1, -0.05) is 0 Å². The van der Waals surface area contributed by atoms with Crippen LogP contribution in [-0.2, 0) is 0 Å². The minimum absolute atomic E-state index is 0.0292. The number of alkyl halides is 2. The SMILES string of the molecule is Cc1ccoc1C(=O)NC1CCN(CC2CCC(F)(F)C2)CC1. The second kappa shape index (κ2) is 6.59. The quantitative estimate of drug-likeness (QED) is 0.924. The highest BCUT2D eigenvalue weighted by Crippen LogP contribution is 2.39. The summed E-state index contributed by atoms with van der Waals surface area (Å²) in [7, 11) is 0. The third-order valence-corrected chi connectivity index (χ3v) is 5.01. The summed E-state index contributed by atoms with van der Waals surface area (Å²) in [5.41, 5.74) is 0.835. The van der Waals surface area contributed by atoms with E-state index in [2.05, 4.69) is 10.2 Å². The number of likely N-dealkylation sites (tertiary alicyclic amines) is 1. The molecular weight excluding hydrogens is 302 g/mol. The Morgan fingerprint density at radius 3 is 2.70 bits per heavy atom. The summed E-state index contributed by atoms with van der Waals surface area (Å²) in [6.07, 6.45) is 3.92. The Hall–Kier alpha value is -1.43. The lowest BCUT2D eigenvalue weighted by molar-refractivity contribution is 0.00296. The van der Waals surface area contributed by atoms with Gasteiger partial charge in [-0.05, 0) is 38.2 Å². The Morgan fingerprint density at radius 1 is 1.39 bits per heavy atom. The van der Waals surface area contributed by atoms with E-state index < -0.39 is 5.92 Å². The Morgan fingerprint density at radius 2 is 2.13 bits per heavy atom. The van der Waals surface area contributed by atoms with Crippen molar-refractivity contribution in [2.75, 3.05) is 19.6 Å². The van der Waals surface area contributed by atoms with Crippen LogP contribution in [-0.4, -0.2) is 42.4 Å². The molecule has 1 saturated heterocycles. The molecule has 0 spiro atoms. The van der Waals surface area contributed by atoms with Crippen LogP contribution >= 0.6 is 0 Å². The molecular formula is C17H24F2N2O2. The molecule has 0 aromatic carbocycles. The average molecular weight is 326 g/mol. The van der Waals surface area contributed by atoms with E-state index in [1.54, 1.807) is 6.07 Å². The summed E-state index contributed by atoms with van der Waals surface area (Å²) in [6.45, 7) is 4.31. The van der Waals surface area contributed by atoms with E-state index in [0.717, 1.165) is 38.0 Å². The molecule has 2 aliphatic rings. The number of nitrogens with one attached hydrogen (secondary N) is 1. The molecule has 0 radical (unpaired) electrons. The molecule has 1 aromatic heterocycles. The van der Waals surface area contributed by atoms with Crippen molar-refractivity contribution in [3.05, 3.63) is 23.7 Å². The Kier molecular flexibility index (Phi) is 4.71. The maximum absolute atomic E-state index is 13.2. The minimum atomic E-state index is -2.46. The van der Waals surface area contributed by atoms with Gasteiger partial charge in [0.15, 0.2) is 5.76 Å². The third kappa shape index (κ3) is 4.10. The van der Waals surface area contributed by atoms with Crippen molar-refractivity contribution in [1.29, 1.82) is 0 Å². The number of hydrogen-bond donors (Lipinski definition) is 1. The summed E-state index contributed by atoms with van der Waals surface area (Å²) in [6, 6.07) is 1.91. The molecule has 1 aromatic rings. The molecule has 1 aliphatic carbocycles. The first-order valence-electron chi connectivity index (χ1n) is 8.38. The highest BCUT2D eigenvalue weighted by molar-refractivity contribution is 5.92. The van der Waals surface area contributed by atoms with E-state index in [1.807, 2.05) is 6.92 Å². The van der Waals surface area contributed by atoms with Gasteiger partial charge in [-0.3, -0.25) is 4.79 Å². The molecule has 6 heteroatoms. The standard InChI is InChI=1S/C17H24F2N2O2/c1-12-5-9-23-15(12)16(22)20-14-3-7-21(8-4-14)11-13-2-6-17(18,19)10-13/h5,9,13-14H,2-4,6-8,10-11H2,1H3,(H,20,22). The van der Waals surface area contributed by atoms with Gasteiger partial charge in [0.1, 0.15) is 0 Å². The molecule has 2 heterocycles. The fourth-order valence-corrected chi connectivity index (χ4v) is 3.68. The molecule has 1 atom stereocenters. The number of nitrogens with zero attached hydrogens (tertiary/aromatic N) is 1. The van der Waals surface area contributed by atoms with E-state index in [4.69, 9.17) is 4.42 Å². The molecule has 0 bridgehead atoms. The van der Waals surface area contributed by atoms with E-state index in [1.165, 1.54) is 6.26 Å². The summed E-state index contributed by atoms with van der Waals surface area (Å²) >= 11 is 0. The van der Waals surface area contributed by atoms with E-state index in [9.17, 15) is 13.6 Å². The first-order valence-corrected chi connectivity index (χ1v) is 8.38. The summed E-state index contributed by atoms with van der Waals surface area (Å²) in [5, 5.41) is 3.01. The smallest absolute Gasteiger partial charge is 0.287 e. The van der Waals surface area contributed by atoms with Gasteiger partial charge in [-0.15, -0.1) is 0 Å². The van der Waals surface area contributed by atoms with Gasteiger partial charge in [0.05, 0.1) is 6.26 Å². The Balaban J connectivity index is 1.42. The van der Waals surface area contributed by atoms with Gasteiger partial charge in [-0.2, -0.15) is 0 Å². The van der Waals surface area contributed by atoms with Crippen LogP contribution in [0, 0.1) is 12.8 Å². The summed E-state index contributed by atoms with van der Waals surface area (Å²) in [4.78, 5) is 14.4. The van der Waals surface area contributed by atoms with Crippen molar-refractivity contribution in [3.8, 4) is 0 Å². The van der Waals surface area contributed by atoms with Crippen LogP contribution in [0.1, 0.15) is 48.2 Å². The van der Waals surface area contributed by atoms with Crippen molar-refractivity contribution in [2.24, 2.45) is 5.92 Å². The number of carbonyl (C=O) groups excluding carboxylic acids is 1. The highest BCUT2D eigenvalue weighted by atomic mass is 19.3. The van der Waals surface area contributed by atoms with Gasteiger partial charge in [0.2, 0.25) is 5.92 Å². The predicted octanol–water partition coefficient (Wildman–Crippen LogP) is 3.22. The number of aryl methyl sites for hydroxylation is 1. The van der Waals surface area contributed by atoms with Gasteiger partial charge in [0.25, 0.3) is 5.91 Å². The van der Waals surface area contributed by atoms with Crippen LogP contribution in [0.2, 0.25) is 0 Å². The second-order valence-corrected chi connectivity index (χ2v) is 6.95. The third-order valence-electron chi connectivity index (χ3n) is 5.01. The van der Waals surface area contributed by atoms with Crippen LogP contribution in [0.5, 0.6) is 0 Å². The molecule has 2 fully saturated rings. The zero-order valence-corrected chi connectivity index (χ0v) is 13.5. The molecule has 1 N–H and O–H groups in total. The molecule has 1 amide bonds. The monoisotopic (exact) mass is 326 g/mol. The Bertz CT molecular complexity index is 551. The maximum Gasteiger partial charge on any atom is 0.287 e. The minimum Gasteiger partial charge on any atom is -0.459 e. The first kappa shape index (κ1) is 16.4. The summed E-state index contributed by atoms with van der Waals surface area (Å²) < 4.78 is 31.7. The van der Waals surface area contributed by atoms with Gasteiger partial charge in [-0.25, -0.2) is 8.78 Å². The lowest BCUT2D eigenvalue weighted by Crippen LogP contribution is -2.45. The number of amides is 1. The molecule has 3 rings (SSSR count). The number of rotatable bonds is 4. The fraction of sp³-hybridized carbons (Fsp3) is 0.706. The lowest BCUT2D eigenvalue weighted by atomic mass is 10.0. The van der Waals surface area contributed by atoms with Crippen molar-refractivity contribution in [2.45, 2.75) is 51.0 Å². The summed E-state index contributed by atoms with van der Waals surface area (Å²) in [5.74, 6) is -2.14. The Labute approximate surface area is 135 Å². The van der Waals surface area contributed by atoms with Crippen molar-refractivity contribution < 1.29 is 18.0 Å².